The van der Waals surface area contributed by atoms with Crippen LogP contribution in [0.2, 0.25) is 0 Å². The van der Waals surface area contributed by atoms with Crippen LogP contribution in [0.3, 0.4) is 0 Å². The van der Waals surface area contributed by atoms with Crippen molar-refractivity contribution in [1.82, 2.24) is 30.1 Å². The molecule has 20 heavy (non-hydrogen) atoms. The molecular formula is C12H13N7O. The van der Waals surface area contributed by atoms with Crippen LogP contribution in [0.25, 0.3) is 11.2 Å². The fraction of sp³-hybridized carbons (Fsp3) is 0.417. The standard InChI is InChI=1S/C12H13N7O/c1-2-7(3-1)12-18-8(19-20-12)4-13-10-9-11(15-5-14-9)17-6-16-10/h5-7H,1-4H2,(H2,13,14,15,16,17). The van der Waals surface area contributed by atoms with Crippen molar-refractivity contribution in [2.75, 3.05) is 5.32 Å². The second-order valence-corrected chi connectivity index (χ2v) is 4.85. The molecule has 1 aliphatic carbocycles. The molecule has 1 saturated carbocycles. The second kappa shape index (κ2) is 4.55. The first-order valence-electron chi connectivity index (χ1n) is 6.60. The third-order valence-electron chi connectivity index (χ3n) is 3.58. The Morgan fingerprint density at radius 3 is 3.10 bits per heavy atom. The van der Waals surface area contributed by atoms with Crippen molar-refractivity contribution in [2.24, 2.45) is 0 Å². The maximum atomic E-state index is 5.28. The van der Waals surface area contributed by atoms with Gasteiger partial charge in [-0.3, -0.25) is 0 Å². The van der Waals surface area contributed by atoms with Crippen LogP contribution in [-0.2, 0) is 6.54 Å². The number of hydrogen-bond donors (Lipinski definition) is 2. The molecule has 3 heterocycles. The summed E-state index contributed by atoms with van der Waals surface area (Å²) in [4.78, 5) is 19.7. The predicted octanol–water partition coefficient (Wildman–Crippen LogP) is 1.62. The van der Waals surface area contributed by atoms with Crippen LogP contribution < -0.4 is 5.32 Å². The predicted molar refractivity (Wildman–Crippen MR) is 69.9 cm³/mol. The first-order valence-corrected chi connectivity index (χ1v) is 6.60. The van der Waals surface area contributed by atoms with Crippen molar-refractivity contribution in [3.05, 3.63) is 24.4 Å². The van der Waals surface area contributed by atoms with E-state index in [9.17, 15) is 0 Å². The number of anilines is 1. The maximum absolute atomic E-state index is 5.28. The number of imidazole rings is 1. The third kappa shape index (κ3) is 1.89. The topological polar surface area (TPSA) is 105 Å². The van der Waals surface area contributed by atoms with Crippen molar-refractivity contribution in [1.29, 1.82) is 0 Å². The van der Waals surface area contributed by atoms with Crippen molar-refractivity contribution in [3.8, 4) is 0 Å². The third-order valence-corrected chi connectivity index (χ3v) is 3.58. The Bertz CT molecular complexity index is 730. The summed E-state index contributed by atoms with van der Waals surface area (Å²) >= 11 is 0. The van der Waals surface area contributed by atoms with Gasteiger partial charge in [0.2, 0.25) is 5.89 Å². The monoisotopic (exact) mass is 271 g/mol. The zero-order valence-corrected chi connectivity index (χ0v) is 10.7. The van der Waals surface area contributed by atoms with Crippen LogP contribution in [0.4, 0.5) is 5.82 Å². The maximum Gasteiger partial charge on any atom is 0.229 e. The molecule has 0 aliphatic heterocycles. The van der Waals surface area contributed by atoms with Gasteiger partial charge in [-0.15, -0.1) is 0 Å². The van der Waals surface area contributed by atoms with Crippen LogP contribution in [0.1, 0.15) is 36.9 Å². The molecule has 3 aromatic heterocycles. The quantitative estimate of drug-likeness (QED) is 0.742. The lowest BCUT2D eigenvalue weighted by molar-refractivity contribution is 0.291. The Hall–Kier alpha value is -2.51. The molecular weight excluding hydrogens is 258 g/mol. The molecule has 8 nitrogen and oxygen atoms in total. The SMILES string of the molecule is c1nc(NCc2noc(C3CCC3)n2)c2[nH]cnc2n1. The number of hydrogen-bond acceptors (Lipinski definition) is 7. The first-order chi connectivity index (χ1) is 9.90. The Balaban J connectivity index is 1.49. The highest BCUT2D eigenvalue weighted by atomic mass is 16.5. The highest BCUT2D eigenvalue weighted by Gasteiger charge is 2.25. The van der Waals surface area contributed by atoms with Gasteiger partial charge < -0.3 is 14.8 Å². The number of aromatic amines is 1. The van der Waals surface area contributed by atoms with Gasteiger partial charge in [-0.25, -0.2) is 15.0 Å². The van der Waals surface area contributed by atoms with Crippen molar-refractivity contribution < 1.29 is 4.52 Å². The molecule has 3 aromatic rings. The average Bonchev–Trinajstić information content (AvgIpc) is 3.03. The summed E-state index contributed by atoms with van der Waals surface area (Å²) in [6.45, 7) is 0.460. The van der Waals surface area contributed by atoms with Gasteiger partial charge in [-0.1, -0.05) is 11.6 Å². The Kier molecular flexibility index (Phi) is 2.58. The lowest BCUT2D eigenvalue weighted by Crippen LogP contribution is -2.09. The van der Waals surface area contributed by atoms with Crippen LogP contribution >= 0.6 is 0 Å². The van der Waals surface area contributed by atoms with Gasteiger partial charge in [0.15, 0.2) is 17.3 Å². The Morgan fingerprint density at radius 1 is 1.30 bits per heavy atom. The molecule has 0 unspecified atom stereocenters. The summed E-state index contributed by atoms with van der Waals surface area (Å²) in [5.74, 6) is 2.53. The number of rotatable bonds is 4. The van der Waals surface area contributed by atoms with Gasteiger partial charge in [0.1, 0.15) is 11.8 Å². The van der Waals surface area contributed by atoms with Gasteiger partial charge in [-0.05, 0) is 12.8 Å². The Labute approximate surface area is 114 Å². The summed E-state index contributed by atoms with van der Waals surface area (Å²) in [5, 5.41) is 7.16. The van der Waals surface area contributed by atoms with E-state index < -0.39 is 0 Å². The fourth-order valence-electron chi connectivity index (χ4n) is 2.22. The highest BCUT2D eigenvalue weighted by molar-refractivity contribution is 5.81. The zero-order chi connectivity index (χ0) is 13.4. The highest BCUT2D eigenvalue weighted by Crippen LogP contribution is 2.35. The summed E-state index contributed by atoms with van der Waals surface area (Å²) in [5.41, 5.74) is 1.40. The molecule has 0 spiro atoms. The number of fused-ring (bicyclic) bond motifs is 1. The zero-order valence-electron chi connectivity index (χ0n) is 10.7. The molecule has 0 radical (unpaired) electrons. The van der Waals surface area contributed by atoms with Crippen LogP contribution in [0.5, 0.6) is 0 Å². The van der Waals surface area contributed by atoms with Crippen molar-refractivity contribution >= 4 is 17.0 Å². The number of H-pyrrole nitrogens is 1. The Morgan fingerprint density at radius 2 is 2.25 bits per heavy atom. The molecule has 0 saturated heterocycles. The lowest BCUT2D eigenvalue weighted by atomic mass is 9.85. The average molecular weight is 271 g/mol. The summed E-state index contributed by atoms with van der Waals surface area (Å²) in [6.07, 6.45) is 6.61. The molecule has 1 aliphatic rings. The van der Waals surface area contributed by atoms with Crippen molar-refractivity contribution in [2.45, 2.75) is 31.7 Å². The minimum absolute atomic E-state index is 0.453. The molecule has 0 atom stereocenters. The molecule has 4 rings (SSSR count). The van der Waals surface area contributed by atoms with E-state index >= 15 is 0 Å². The molecule has 8 heteroatoms. The van der Waals surface area contributed by atoms with Crippen LogP contribution in [0.15, 0.2) is 17.2 Å². The van der Waals surface area contributed by atoms with E-state index in [1.165, 1.54) is 12.7 Å². The van der Waals surface area contributed by atoms with Crippen molar-refractivity contribution in [3.63, 3.8) is 0 Å². The number of nitrogens with one attached hydrogen (secondary N) is 2. The molecule has 0 amide bonds. The molecule has 0 bridgehead atoms. The van der Waals surface area contributed by atoms with Crippen LogP contribution in [0, 0.1) is 0 Å². The lowest BCUT2D eigenvalue weighted by Gasteiger charge is -2.20. The van der Waals surface area contributed by atoms with E-state index in [1.54, 1.807) is 6.33 Å². The van der Waals surface area contributed by atoms with Gasteiger partial charge in [-0.2, -0.15) is 4.98 Å². The van der Waals surface area contributed by atoms with Gasteiger partial charge in [0, 0.05) is 5.92 Å². The minimum atomic E-state index is 0.453. The van der Waals surface area contributed by atoms with Gasteiger partial charge in [0.25, 0.3) is 0 Å². The van der Waals surface area contributed by atoms with Gasteiger partial charge in [0.05, 0.1) is 12.9 Å². The fourth-order valence-corrected chi connectivity index (χ4v) is 2.22. The van der Waals surface area contributed by atoms with E-state index in [0.29, 0.717) is 29.8 Å². The molecule has 102 valence electrons. The largest absolute Gasteiger partial charge is 0.361 e. The molecule has 2 N–H and O–H groups in total. The smallest absolute Gasteiger partial charge is 0.229 e. The van der Waals surface area contributed by atoms with E-state index in [1.807, 2.05) is 0 Å². The molecule has 0 aromatic carbocycles. The van der Waals surface area contributed by atoms with E-state index in [-0.39, 0.29) is 0 Å². The normalized spacial score (nSPS) is 15.4. The van der Waals surface area contributed by atoms with E-state index in [4.69, 9.17) is 4.52 Å². The number of aromatic nitrogens is 6. The summed E-state index contributed by atoms with van der Waals surface area (Å²) in [6, 6.07) is 0. The second-order valence-electron chi connectivity index (χ2n) is 4.85. The van der Waals surface area contributed by atoms with E-state index in [0.717, 1.165) is 24.2 Å². The number of nitrogens with zero attached hydrogens (tertiary/aromatic N) is 5. The summed E-state index contributed by atoms with van der Waals surface area (Å²) < 4.78 is 5.28. The van der Waals surface area contributed by atoms with Gasteiger partial charge >= 0.3 is 0 Å². The molecule has 1 fully saturated rings. The first kappa shape index (κ1) is 11.3. The van der Waals surface area contributed by atoms with E-state index in [2.05, 4.69) is 35.4 Å². The van der Waals surface area contributed by atoms with Crippen LogP contribution in [-0.4, -0.2) is 30.1 Å². The summed E-state index contributed by atoms with van der Waals surface area (Å²) in [7, 11) is 0. The minimum Gasteiger partial charge on any atom is -0.361 e.